The summed E-state index contributed by atoms with van der Waals surface area (Å²) in [6, 6.07) is 0. The fraction of sp³-hybridized carbons (Fsp3) is 0.667. The van der Waals surface area contributed by atoms with E-state index in [1.807, 2.05) is 13.1 Å². The van der Waals surface area contributed by atoms with Crippen molar-refractivity contribution >= 4 is 5.95 Å². The van der Waals surface area contributed by atoms with E-state index >= 15 is 0 Å². The molecular weight excluding hydrogens is 150 g/mol. The lowest BCUT2D eigenvalue weighted by atomic mass is 10.4. The number of anilines is 1. The van der Waals surface area contributed by atoms with Gasteiger partial charge in [0, 0.05) is 25.0 Å². The van der Waals surface area contributed by atoms with E-state index < -0.39 is 0 Å². The molecular formula is C9H13N3. The molecule has 0 spiro atoms. The van der Waals surface area contributed by atoms with Crippen LogP contribution >= 0.6 is 0 Å². The van der Waals surface area contributed by atoms with Crippen molar-refractivity contribution in [3.63, 3.8) is 0 Å². The molecule has 2 heterocycles. The lowest BCUT2D eigenvalue weighted by Gasteiger charge is -2.15. The number of nitrogens with one attached hydrogen (secondary N) is 1. The van der Waals surface area contributed by atoms with Crippen molar-refractivity contribution in [2.45, 2.75) is 13.3 Å². The number of aromatic nitrogens is 2. The second-order valence-electron chi connectivity index (χ2n) is 4.05. The minimum atomic E-state index is 0.982. The number of nitrogens with zero attached hydrogens (tertiary/aromatic N) is 2. The van der Waals surface area contributed by atoms with Crippen LogP contribution in [-0.4, -0.2) is 23.1 Å². The molecule has 0 aromatic carbocycles. The highest BCUT2D eigenvalue weighted by molar-refractivity contribution is 5.35. The summed E-state index contributed by atoms with van der Waals surface area (Å²) in [6.45, 7) is 4.49. The third-order valence-corrected chi connectivity index (χ3v) is 2.97. The van der Waals surface area contributed by atoms with Gasteiger partial charge in [0.05, 0.1) is 0 Å². The monoisotopic (exact) mass is 163 g/mol. The first kappa shape index (κ1) is 6.52. The molecule has 3 rings (SSSR count). The van der Waals surface area contributed by atoms with Crippen molar-refractivity contribution in [1.29, 1.82) is 0 Å². The maximum absolute atomic E-state index is 4.32. The van der Waals surface area contributed by atoms with Gasteiger partial charge in [0.15, 0.2) is 0 Å². The molecule has 2 aliphatic rings. The standard InChI is InChI=1S/C9H13N3/c1-6-3-10-9(11-6)12-4-7-2-8(7)5-12/h3,7-8H,2,4-5H2,1H3,(H,10,11). The zero-order valence-electron chi connectivity index (χ0n) is 7.25. The zero-order chi connectivity index (χ0) is 8.13. The van der Waals surface area contributed by atoms with Crippen molar-refractivity contribution in [3.05, 3.63) is 11.9 Å². The van der Waals surface area contributed by atoms with E-state index in [-0.39, 0.29) is 0 Å². The average Bonchev–Trinajstić information content (AvgIpc) is 2.49. The van der Waals surface area contributed by atoms with Crippen LogP contribution in [-0.2, 0) is 0 Å². The molecule has 0 radical (unpaired) electrons. The third kappa shape index (κ3) is 0.854. The summed E-state index contributed by atoms with van der Waals surface area (Å²) >= 11 is 0. The fourth-order valence-corrected chi connectivity index (χ4v) is 2.13. The van der Waals surface area contributed by atoms with Gasteiger partial charge in [-0.1, -0.05) is 0 Å². The Bertz CT molecular complexity index is 294. The number of H-pyrrole nitrogens is 1. The van der Waals surface area contributed by atoms with Gasteiger partial charge in [0.1, 0.15) is 0 Å². The van der Waals surface area contributed by atoms with Crippen LogP contribution in [0.25, 0.3) is 0 Å². The molecule has 1 N–H and O–H groups in total. The molecule has 3 heteroatoms. The van der Waals surface area contributed by atoms with Crippen molar-refractivity contribution < 1.29 is 0 Å². The smallest absolute Gasteiger partial charge is 0.202 e. The number of imidazole rings is 1. The minimum absolute atomic E-state index is 0.982. The summed E-state index contributed by atoms with van der Waals surface area (Å²) in [5, 5.41) is 0. The molecule has 1 aromatic rings. The SMILES string of the molecule is Cc1cnc(N2CC3CC3C2)[nH]1. The molecule has 1 saturated carbocycles. The van der Waals surface area contributed by atoms with Gasteiger partial charge in [-0.3, -0.25) is 0 Å². The van der Waals surface area contributed by atoms with E-state index in [0.29, 0.717) is 0 Å². The Labute approximate surface area is 71.8 Å². The Hall–Kier alpha value is -0.990. The van der Waals surface area contributed by atoms with Gasteiger partial charge in [-0.05, 0) is 25.2 Å². The molecule has 3 nitrogen and oxygen atoms in total. The maximum Gasteiger partial charge on any atom is 0.202 e. The molecule has 64 valence electrons. The minimum Gasteiger partial charge on any atom is -0.342 e. The molecule has 0 amide bonds. The van der Waals surface area contributed by atoms with Crippen LogP contribution in [0.3, 0.4) is 0 Å². The number of piperidine rings is 1. The molecule has 0 bridgehead atoms. The summed E-state index contributed by atoms with van der Waals surface area (Å²) < 4.78 is 0. The number of fused-ring (bicyclic) bond motifs is 1. The van der Waals surface area contributed by atoms with Crippen molar-refractivity contribution in [3.8, 4) is 0 Å². The summed E-state index contributed by atoms with van der Waals surface area (Å²) in [4.78, 5) is 9.96. The zero-order valence-corrected chi connectivity index (χ0v) is 7.25. The molecule has 2 fully saturated rings. The highest BCUT2D eigenvalue weighted by atomic mass is 15.3. The van der Waals surface area contributed by atoms with Gasteiger partial charge in [0.2, 0.25) is 5.95 Å². The number of aryl methyl sites for hydroxylation is 1. The van der Waals surface area contributed by atoms with Gasteiger partial charge in [0.25, 0.3) is 0 Å². The Morgan fingerprint density at radius 1 is 1.50 bits per heavy atom. The predicted octanol–water partition coefficient (Wildman–Crippen LogP) is 1.17. The van der Waals surface area contributed by atoms with Gasteiger partial charge in [-0.2, -0.15) is 0 Å². The molecule has 1 aromatic heterocycles. The molecule has 1 aliphatic carbocycles. The van der Waals surface area contributed by atoms with E-state index in [1.54, 1.807) is 0 Å². The van der Waals surface area contributed by atoms with E-state index in [2.05, 4.69) is 14.9 Å². The largest absolute Gasteiger partial charge is 0.342 e. The summed E-state index contributed by atoms with van der Waals surface area (Å²) in [6.07, 6.45) is 3.36. The second-order valence-corrected chi connectivity index (χ2v) is 4.05. The highest BCUT2D eigenvalue weighted by Crippen LogP contribution is 2.45. The van der Waals surface area contributed by atoms with Crippen LogP contribution in [0, 0.1) is 18.8 Å². The van der Waals surface area contributed by atoms with Crippen molar-refractivity contribution in [2.75, 3.05) is 18.0 Å². The average molecular weight is 163 g/mol. The Morgan fingerprint density at radius 2 is 2.25 bits per heavy atom. The fourth-order valence-electron chi connectivity index (χ4n) is 2.13. The Morgan fingerprint density at radius 3 is 2.83 bits per heavy atom. The van der Waals surface area contributed by atoms with Gasteiger partial charge in [-0.25, -0.2) is 4.98 Å². The number of hydrogen-bond donors (Lipinski definition) is 1. The van der Waals surface area contributed by atoms with E-state index in [1.165, 1.54) is 19.5 Å². The second kappa shape index (κ2) is 2.03. The summed E-state index contributed by atoms with van der Waals surface area (Å²) in [5.74, 6) is 3.03. The van der Waals surface area contributed by atoms with Gasteiger partial charge < -0.3 is 9.88 Å². The topological polar surface area (TPSA) is 31.9 Å². The molecule has 2 unspecified atom stereocenters. The van der Waals surface area contributed by atoms with Crippen LogP contribution in [0.1, 0.15) is 12.1 Å². The third-order valence-electron chi connectivity index (χ3n) is 2.97. The summed E-state index contributed by atoms with van der Waals surface area (Å²) in [5.41, 5.74) is 1.16. The normalized spacial score (nSPS) is 32.2. The van der Waals surface area contributed by atoms with Crippen LogP contribution in [0.4, 0.5) is 5.95 Å². The molecule has 1 saturated heterocycles. The molecule has 12 heavy (non-hydrogen) atoms. The van der Waals surface area contributed by atoms with Crippen LogP contribution in [0.2, 0.25) is 0 Å². The Balaban J connectivity index is 1.81. The van der Waals surface area contributed by atoms with Crippen LogP contribution < -0.4 is 4.90 Å². The van der Waals surface area contributed by atoms with Gasteiger partial charge in [-0.15, -0.1) is 0 Å². The Kier molecular flexibility index (Phi) is 1.10. The predicted molar refractivity (Wildman–Crippen MR) is 47.1 cm³/mol. The van der Waals surface area contributed by atoms with E-state index in [0.717, 1.165) is 23.5 Å². The lowest BCUT2D eigenvalue weighted by molar-refractivity contribution is 0.794. The van der Waals surface area contributed by atoms with Crippen LogP contribution in [0.5, 0.6) is 0 Å². The summed E-state index contributed by atoms with van der Waals surface area (Å²) in [7, 11) is 0. The molecule has 2 atom stereocenters. The first-order chi connectivity index (χ1) is 5.83. The van der Waals surface area contributed by atoms with Crippen LogP contribution in [0.15, 0.2) is 6.20 Å². The molecule has 1 aliphatic heterocycles. The first-order valence-corrected chi connectivity index (χ1v) is 4.59. The van der Waals surface area contributed by atoms with Crippen molar-refractivity contribution in [1.82, 2.24) is 9.97 Å². The number of hydrogen-bond acceptors (Lipinski definition) is 2. The van der Waals surface area contributed by atoms with Crippen molar-refractivity contribution in [2.24, 2.45) is 11.8 Å². The first-order valence-electron chi connectivity index (χ1n) is 4.59. The van der Waals surface area contributed by atoms with Gasteiger partial charge >= 0.3 is 0 Å². The van der Waals surface area contributed by atoms with E-state index in [4.69, 9.17) is 0 Å². The highest BCUT2D eigenvalue weighted by Gasteiger charge is 2.45. The number of rotatable bonds is 1. The van der Waals surface area contributed by atoms with E-state index in [9.17, 15) is 0 Å². The number of aromatic amines is 1. The lowest BCUT2D eigenvalue weighted by Crippen LogP contribution is -2.22. The quantitative estimate of drug-likeness (QED) is 0.674. The maximum atomic E-state index is 4.32.